The number of ether oxygens (including phenoxy) is 2. The number of aromatic nitrogens is 2. The van der Waals surface area contributed by atoms with Crippen molar-refractivity contribution < 1.29 is 18.7 Å². The zero-order valence-corrected chi connectivity index (χ0v) is 16.7. The fourth-order valence-electron chi connectivity index (χ4n) is 3.90. The summed E-state index contributed by atoms with van der Waals surface area (Å²) in [5, 5.41) is 9.12. The molecule has 4 atom stereocenters. The van der Waals surface area contributed by atoms with Gasteiger partial charge < -0.3 is 29.8 Å². The second-order valence-corrected chi connectivity index (χ2v) is 7.51. The minimum atomic E-state index is -0.243. The lowest BCUT2D eigenvalue weighted by atomic mass is 10.1. The molecular weight excluding hydrogens is 398 g/mol. The molecule has 9 nitrogen and oxygen atoms in total. The predicted molar refractivity (Wildman–Crippen MR) is 112 cm³/mol. The summed E-state index contributed by atoms with van der Waals surface area (Å²) >= 11 is 0. The van der Waals surface area contributed by atoms with Gasteiger partial charge in [-0.25, -0.2) is 14.8 Å². The van der Waals surface area contributed by atoms with E-state index in [4.69, 9.17) is 13.9 Å². The minimum Gasteiger partial charge on any atom is -0.463 e. The molecule has 160 valence electrons. The van der Waals surface area contributed by atoms with Crippen LogP contribution in [0.5, 0.6) is 0 Å². The van der Waals surface area contributed by atoms with Gasteiger partial charge in [0.2, 0.25) is 5.95 Å². The third-order valence-electron chi connectivity index (χ3n) is 5.41. The molecule has 1 aromatic carbocycles. The maximum absolute atomic E-state index is 12.3. The van der Waals surface area contributed by atoms with E-state index in [1.165, 1.54) is 0 Å². The van der Waals surface area contributed by atoms with Gasteiger partial charge in [0.15, 0.2) is 5.76 Å². The zero-order chi connectivity index (χ0) is 21.0. The Kier molecular flexibility index (Phi) is 5.51. The van der Waals surface area contributed by atoms with E-state index in [-0.39, 0.29) is 30.3 Å². The SMILES string of the molecule is O=C(NCc1ccccc1)NC1COC2C(Nc3nccc(-c4ccco4)n3)COC12. The number of benzene rings is 1. The molecule has 0 radical (unpaired) electrons. The quantitative estimate of drug-likeness (QED) is 0.559. The summed E-state index contributed by atoms with van der Waals surface area (Å²) in [6.45, 7) is 1.29. The standard InChI is InChI=1S/C22H23N5O4/c28-22(24-11-14-5-2-1-3-6-14)27-17-13-31-19-16(12-30-20(17)19)26-21-23-9-8-15(25-21)18-7-4-10-29-18/h1-10,16-17,19-20H,11-13H2,(H,23,25,26)(H2,24,27,28). The summed E-state index contributed by atoms with van der Waals surface area (Å²) in [6.07, 6.45) is 2.86. The third kappa shape index (κ3) is 4.37. The molecule has 5 rings (SSSR count). The summed E-state index contributed by atoms with van der Waals surface area (Å²) in [6, 6.07) is 14.6. The van der Waals surface area contributed by atoms with Crippen LogP contribution in [-0.4, -0.2) is 53.5 Å². The van der Waals surface area contributed by atoms with E-state index >= 15 is 0 Å². The van der Waals surface area contributed by atoms with E-state index in [1.54, 1.807) is 18.5 Å². The molecule has 2 amide bonds. The fraction of sp³-hybridized carbons (Fsp3) is 0.318. The normalized spacial score (nSPS) is 24.5. The van der Waals surface area contributed by atoms with Crippen molar-refractivity contribution in [1.82, 2.24) is 20.6 Å². The molecular formula is C22H23N5O4. The van der Waals surface area contributed by atoms with Crippen LogP contribution in [0.1, 0.15) is 5.56 Å². The number of carbonyl (C=O) groups excluding carboxylic acids is 1. The molecule has 2 aliphatic heterocycles. The van der Waals surface area contributed by atoms with Crippen LogP contribution in [0.2, 0.25) is 0 Å². The minimum absolute atomic E-state index is 0.115. The number of hydrogen-bond acceptors (Lipinski definition) is 7. The van der Waals surface area contributed by atoms with Gasteiger partial charge >= 0.3 is 6.03 Å². The number of carbonyl (C=O) groups is 1. The lowest BCUT2D eigenvalue weighted by molar-refractivity contribution is 0.0682. The number of nitrogens with zero attached hydrogens (tertiary/aromatic N) is 2. The highest BCUT2D eigenvalue weighted by molar-refractivity contribution is 5.74. The van der Waals surface area contributed by atoms with Crippen LogP contribution in [-0.2, 0) is 16.0 Å². The molecule has 4 unspecified atom stereocenters. The predicted octanol–water partition coefficient (Wildman–Crippen LogP) is 2.18. The molecule has 3 aromatic rings. The van der Waals surface area contributed by atoms with Crippen molar-refractivity contribution in [3.05, 3.63) is 66.6 Å². The van der Waals surface area contributed by atoms with Gasteiger partial charge in [-0.15, -0.1) is 0 Å². The van der Waals surface area contributed by atoms with Crippen LogP contribution in [0.25, 0.3) is 11.5 Å². The summed E-state index contributed by atoms with van der Waals surface area (Å²) in [5.41, 5.74) is 1.73. The summed E-state index contributed by atoms with van der Waals surface area (Å²) in [7, 11) is 0. The number of rotatable bonds is 6. The zero-order valence-electron chi connectivity index (χ0n) is 16.7. The third-order valence-corrected chi connectivity index (χ3v) is 5.41. The molecule has 9 heteroatoms. The van der Waals surface area contributed by atoms with Crippen molar-refractivity contribution in [3.63, 3.8) is 0 Å². The maximum Gasteiger partial charge on any atom is 0.315 e. The van der Waals surface area contributed by atoms with Gasteiger partial charge in [0, 0.05) is 12.7 Å². The highest BCUT2D eigenvalue weighted by Gasteiger charge is 2.48. The van der Waals surface area contributed by atoms with Crippen LogP contribution < -0.4 is 16.0 Å². The molecule has 0 spiro atoms. The molecule has 4 heterocycles. The Morgan fingerprint density at radius 1 is 1.00 bits per heavy atom. The number of anilines is 1. The number of nitrogens with one attached hydrogen (secondary N) is 3. The highest BCUT2D eigenvalue weighted by Crippen LogP contribution is 2.29. The van der Waals surface area contributed by atoms with E-state index in [9.17, 15) is 4.79 Å². The lowest BCUT2D eigenvalue weighted by Crippen LogP contribution is -2.48. The second kappa shape index (κ2) is 8.75. The van der Waals surface area contributed by atoms with Crippen molar-refractivity contribution in [1.29, 1.82) is 0 Å². The largest absolute Gasteiger partial charge is 0.463 e. The summed E-state index contributed by atoms with van der Waals surface area (Å²) in [5.74, 6) is 1.15. The summed E-state index contributed by atoms with van der Waals surface area (Å²) in [4.78, 5) is 21.1. The van der Waals surface area contributed by atoms with Crippen LogP contribution in [0, 0.1) is 0 Å². The monoisotopic (exact) mass is 421 g/mol. The Hall–Kier alpha value is -3.43. The number of furan rings is 1. The van der Waals surface area contributed by atoms with Crippen molar-refractivity contribution in [2.75, 3.05) is 18.5 Å². The number of fused-ring (bicyclic) bond motifs is 1. The topological polar surface area (TPSA) is 111 Å². The second-order valence-electron chi connectivity index (χ2n) is 7.51. The molecule has 31 heavy (non-hydrogen) atoms. The first-order valence-electron chi connectivity index (χ1n) is 10.2. The van der Waals surface area contributed by atoms with E-state index in [0.717, 1.165) is 5.56 Å². The molecule has 0 bridgehead atoms. The average Bonchev–Trinajstić information content (AvgIpc) is 3.54. The van der Waals surface area contributed by atoms with E-state index in [2.05, 4.69) is 25.9 Å². The lowest BCUT2D eigenvalue weighted by Gasteiger charge is -2.18. The van der Waals surface area contributed by atoms with Crippen LogP contribution in [0.4, 0.5) is 10.7 Å². The number of urea groups is 1. The highest BCUT2D eigenvalue weighted by atomic mass is 16.6. The molecule has 2 aliphatic rings. The van der Waals surface area contributed by atoms with Gasteiger partial charge in [-0.3, -0.25) is 0 Å². The first-order valence-corrected chi connectivity index (χ1v) is 10.2. The Balaban J connectivity index is 1.16. The molecule has 2 fully saturated rings. The Bertz CT molecular complexity index is 1010. The van der Waals surface area contributed by atoms with E-state index in [0.29, 0.717) is 37.2 Å². The van der Waals surface area contributed by atoms with Crippen molar-refractivity contribution in [2.45, 2.75) is 30.8 Å². The first-order chi connectivity index (χ1) is 15.3. The van der Waals surface area contributed by atoms with Gasteiger partial charge in [-0.2, -0.15) is 0 Å². The van der Waals surface area contributed by atoms with Crippen molar-refractivity contribution in [2.24, 2.45) is 0 Å². The van der Waals surface area contributed by atoms with Gasteiger partial charge in [0.1, 0.15) is 17.9 Å². The van der Waals surface area contributed by atoms with Gasteiger partial charge in [0.05, 0.1) is 31.6 Å². The fourth-order valence-corrected chi connectivity index (χ4v) is 3.90. The average molecular weight is 421 g/mol. The first kappa shape index (κ1) is 19.5. The maximum atomic E-state index is 12.3. The number of hydrogen-bond donors (Lipinski definition) is 3. The Labute approximate surface area is 179 Å². The molecule has 0 saturated carbocycles. The number of amides is 2. The summed E-state index contributed by atoms with van der Waals surface area (Å²) < 4.78 is 17.3. The van der Waals surface area contributed by atoms with Crippen molar-refractivity contribution >= 4 is 12.0 Å². The van der Waals surface area contributed by atoms with Gasteiger partial charge in [-0.1, -0.05) is 30.3 Å². The Morgan fingerprint density at radius 3 is 2.61 bits per heavy atom. The molecule has 2 aromatic heterocycles. The van der Waals surface area contributed by atoms with Crippen molar-refractivity contribution in [3.8, 4) is 11.5 Å². The van der Waals surface area contributed by atoms with E-state index < -0.39 is 0 Å². The molecule has 2 saturated heterocycles. The molecule has 0 aliphatic carbocycles. The van der Waals surface area contributed by atoms with Gasteiger partial charge in [0.25, 0.3) is 0 Å². The van der Waals surface area contributed by atoms with E-state index in [1.807, 2.05) is 42.5 Å². The van der Waals surface area contributed by atoms with Crippen LogP contribution in [0.3, 0.4) is 0 Å². The molecule has 3 N–H and O–H groups in total. The smallest absolute Gasteiger partial charge is 0.315 e. The van der Waals surface area contributed by atoms with Crippen LogP contribution >= 0.6 is 0 Å². The van der Waals surface area contributed by atoms with Gasteiger partial charge in [-0.05, 0) is 23.8 Å². The van der Waals surface area contributed by atoms with Crippen LogP contribution in [0.15, 0.2) is 65.4 Å². The Morgan fingerprint density at radius 2 is 1.81 bits per heavy atom.